The van der Waals surface area contributed by atoms with Gasteiger partial charge in [0.15, 0.2) is 0 Å². The van der Waals surface area contributed by atoms with Gasteiger partial charge in [-0.15, -0.1) is 11.3 Å². The number of aliphatic hydroxyl groups is 1. The summed E-state index contributed by atoms with van der Waals surface area (Å²) in [6.45, 7) is 1.84. The van der Waals surface area contributed by atoms with E-state index in [1.165, 1.54) is 11.3 Å². The van der Waals surface area contributed by atoms with Gasteiger partial charge in [-0.25, -0.2) is 9.78 Å². The molecular formula is C8H11NO3S. The molecule has 0 aliphatic rings. The van der Waals surface area contributed by atoms with Crippen LogP contribution in [0.25, 0.3) is 0 Å². The molecule has 5 heteroatoms. The molecule has 1 heterocycles. The van der Waals surface area contributed by atoms with Gasteiger partial charge in [-0.2, -0.15) is 0 Å². The Hall–Kier alpha value is -0.940. The molecule has 0 fully saturated rings. The van der Waals surface area contributed by atoms with E-state index < -0.39 is 5.97 Å². The number of nitrogens with zero attached hydrogens (tertiary/aromatic N) is 1. The number of aliphatic hydroxyl groups excluding tert-OH is 1. The van der Waals surface area contributed by atoms with Crippen LogP contribution in [0.15, 0.2) is 0 Å². The normalized spacial score (nSPS) is 10.3. The summed E-state index contributed by atoms with van der Waals surface area (Å²) in [6, 6.07) is 0. The number of carboxylic acid groups (broad SMARTS) is 1. The lowest BCUT2D eigenvalue weighted by molar-refractivity contribution is 0.0700. The maximum Gasteiger partial charge on any atom is 0.347 e. The van der Waals surface area contributed by atoms with E-state index in [4.69, 9.17) is 10.2 Å². The first-order chi connectivity index (χ1) is 6.15. The van der Waals surface area contributed by atoms with Crippen LogP contribution in [-0.2, 0) is 6.42 Å². The zero-order valence-corrected chi connectivity index (χ0v) is 8.10. The van der Waals surface area contributed by atoms with E-state index in [9.17, 15) is 4.79 Å². The van der Waals surface area contributed by atoms with Crippen molar-refractivity contribution in [3.63, 3.8) is 0 Å². The van der Waals surface area contributed by atoms with Crippen LogP contribution in [0.5, 0.6) is 0 Å². The molecule has 0 spiro atoms. The molecule has 0 aliphatic carbocycles. The van der Waals surface area contributed by atoms with Crippen molar-refractivity contribution < 1.29 is 15.0 Å². The van der Waals surface area contributed by atoms with Gasteiger partial charge in [-0.3, -0.25) is 0 Å². The predicted octanol–water partition coefficient (Wildman–Crippen LogP) is 1.07. The van der Waals surface area contributed by atoms with Crippen LogP contribution < -0.4 is 0 Å². The summed E-state index contributed by atoms with van der Waals surface area (Å²) in [5.41, 5.74) is 0.587. The highest BCUT2D eigenvalue weighted by Gasteiger charge is 2.14. The summed E-state index contributed by atoms with van der Waals surface area (Å²) in [7, 11) is 0. The van der Waals surface area contributed by atoms with Crippen molar-refractivity contribution in [1.82, 2.24) is 4.98 Å². The molecule has 1 aromatic rings. The molecule has 2 N–H and O–H groups in total. The lowest BCUT2D eigenvalue weighted by Crippen LogP contribution is -2.00. The fourth-order valence-electron chi connectivity index (χ4n) is 1.05. The summed E-state index contributed by atoms with van der Waals surface area (Å²) in [5.74, 6) is -0.932. The zero-order chi connectivity index (χ0) is 9.84. The average molecular weight is 201 g/mol. The molecule has 4 nitrogen and oxygen atoms in total. The number of carboxylic acids is 1. The van der Waals surface area contributed by atoms with Crippen molar-refractivity contribution in [2.24, 2.45) is 0 Å². The zero-order valence-electron chi connectivity index (χ0n) is 7.28. The predicted molar refractivity (Wildman–Crippen MR) is 49.2 cm³/mol. The number of aryl methyl sites for hydroxylation is 2. The quantitative estimate of drug-likeness (QED) is 0.764. The van der Waals surface area contributed by atoms with Gasteiger partial charge in [0.2, 0.25) is 0 Å². The molecule has 0 unspecified atom stereocenters. The highest BCUT2D eigenvalue weighted by atomic mass is 32.1. The Morgan fingerprint density at radius 2 is 2.31 bits per heavy atom. The van der Waals surface area contributed by atoms with Crippen molar-refractivity contribution in [3.8, 4) is 0 Å². The van der Waals surface area contributed by atoms with Crippen molar-refractivity contribution in [2.45, 2.75) is 19.8 Å². The van der Waals surface area contributed by atoms with Gasteiger partial charge in [0.25, 0.3) is 0 Å². The van der Waals surface area contributed by atoms with Gasteiger partial charge >= 0.3 is 5.97 Å². The van der Waals surface area contributed by atoms with Crippen molar-refractivity contribution in [1.29, 1.82) is 0 Å². The van der Waals surface area contributed by atoms with E-state index in [0.29, 0.717) is 23.4 Å². The summed E-state index contributed by atoms with van der Waals surface area (Å²) < 4.78 is 0. The van der Waals surface area contributed by atoms with Gasteiger partial charge < -0.3 is 10.2 Å². The Kier molecular flexibility index (Phi) is 3.39. The molecule has 72 valence electrons. The molecule has 0 saturated carbocycles. The fraction of sp³-hybridized carbons (Fsp3) is 0.500. The lowest BCUT2D eigenvalue weighted by Gasteiger charge is -1.95. The summed E-state index contributed by atoms with van der Waals surface area (Å²) in [4.78, 5) is 15.1. The van der Waals surface area contributed by atoms with E-state index >= 15 is 0 Å². The van der Waals surface area contributed by atoms with E-state index in [-0.39, 0.29) is 6.61 Å². The number of hydrogen-bond donors (Lipinski definition) is 2. The first-order valence-corrected chi connectivity index (χ1v) is 4.77. The summed E-state index contributed by atoms with van der Waals surface area (Å²) in [5, 5.41) is 18.1. The molecule has 13 heavy (non-hydrogen) atoms. The number of hydrogen-bond acceptors (Lipinski definition) is 4. The molecule has 0 atom stereocenters. The second-order valence-corrected chi connectivity index (χ2v) is 3.84. The lowest BCUT2D eigenvalue weighted by atomic mass is 10.2. The Labute approximate surface area is 79.9 Å². The third kappa shape index (κ3) is 2.50. The van der Waals surface area contributed by atoms with E-state index in [1.807, 2.05) is 0 Å². The largest absolute Gasteiger partial charge is 0.477 e. The maximum atomic E-state index is 10.7. The molecule has 0 aliphatic heterocycles. The molecule has 0 radical (unpaired) electrons. The Balaban J connectivity index is 2.84. The van der Waals surface area contributed by atoms with E-state index in [2.05, 4.69) is 4.98 Å². The van der Waals surface area contributed by atoms with Crippen LogP contribution in [0.3, 0.4) is 0 Å². The van der Waals surface area contributed by atoms with Gasteiger partial charge in [0, 0.05) is 6.61 Å². The number of carbonyl (C=O) groups is 1. The molecule has 0 saturated heterocycles. The second-order valence-electron chi connectivity index (χ2n) is 2.64. The van der Waals surface area contributed by atoms with Crippen LogP contribution in [0.1, 0.15) is 26.8 Å². The third-order valence-electron chi connectivity index (χ3n) is 1.57. The Morgan fingerprint density at radius 1 is 1.62 bits per heavy atom. The standard InChI is InChI=1S/C8H11NO3S/c1-5-9-6(3-2-4-10)7(13-5)8(11)12/h10H,2-4H2,1H3,(H,11,12). The van der Waals surface area contributed by atoms with E-state index in [1.54, 1.807) is 6.92 Å². The van der Waals surface area contributed by atoms with E-state index in [0.717, 1.165) is 5.01 Å². The molecule has 0 aromatic carbocycles. The first-order valence-electron chi connectivity index (χ1n) is 3.95. The fourth-order valence-corrected chi connectivity index (χ4v) is 1.86. The smallest absolute Gasteiger partial charge is 0.347 e. The SMILES string of the molecule is Cc1nc(CCCO)c(C(=O)O)s1. The van der Waals surface area contributed by atoms with Gasteiger partial charge in [0.05, 0.1) is 10.7 Å². The van der Waals surface area contributed by atoms with Gasteiger partial charge in [-0.1, -0.05) is 0 Å². The number of thiazole rings is 1. The molecule has 1 rings (SSSR count). The first kappa shape index (κ1) is 10.1. The highest BCUT2D eigenvalue weighted by molar-refractivity contribution is 7.13. The highest BCUT2D eigenvalue weighted by Crippen LogP contribution is 2.18. The molecule has 0 bridgehead atoms. The van der Waals surface area contributed by atoms with Crippen LogP contribution in [-0.4, -0.2) is 27.8 Å². The Bertz CT molecular complexity index is 308. The molecule has 1 aromatic heterocycles. The average Bonchev–Trinajstić information content (AvgIpc) is 2.43. The third-order valence-corrected chi connectivity index (χ3v) is 2.57. The van der Waals surface area contributed by atoms with Crippen molar-refractivity contribution >= 4 is 17.3 Å². The van der Waals surface area contributed by atoms with Crippen LogP contribution in [0.4, 0.5) is 0 Å². The minimum Gasteiger partial charge on any atom is -0.477 e. The minimum atomic E-state index is -0.932. The van der Waals surface area contributed by atoms with Crippen LogP contribution in [0.2, 0.25) is 0 Å². The molecule has 0 amide bonds. The summed E-state index contributed by atoms with van der Waals surface area (Å²) in [6.07, 6.45) is 1.09. The second kappa shape index (κ2) is 4.34. The maximum absolute atomic E-state index is 10.7. The van der Waals surface area contributed by atoms with Crippen molar-refractivity contribution in [2.75, 3.05) is 6.61 Å². The number of aromatic nitrogens is 1. The van der Waals surface area contributed by atoms with Crippen LogP contribution >= 0.6 is 11.3 Å². The number of aromatic carboxylic acids is 1. The topological polar surface area (TPSA) is 70.4 Å². The minimum absolute atomic E-state index is 0.0651. The number of rotatable bonds is 4. The van der Waals surface area contributed by atoms with Crippen LogP contribution in [0, 0.1) is 6.92 Å². The van der Waals surface area contributed by atoms with Gasteiger partial charge in [0.1, 0.15) is 4.88 Å². The summed E-state index contributed by atoms with van der Waals surface area (Å²) >= 11 is 1.18. The Morgan fingerprint density at radius 3 is 2.85 bits per heavy atom. The molecular weight excluding hydrogens is 190 g/mol. The van der Waals surface area contributed by atoms with Gasteiger partial charge in [-0.05, 0) is 19.8 Å². The monoisotopic (exact) mass is 201 g/mol. The van der Waals surface area contributed by atoms with Crippen molar-refractivity contribution in [3.05, 3.63) is 15.6 Å².